The van der Waals surface area contributed by atoms with Gasteiger partial charge in [-0.2, -0.15) is 19.0 Å². The number of nitrogens with one attached hydrogen (secondary N) is 1. The first-order valence-electron chi connectivity index (χ1n) is 9.04. The lowest BCUT2D eigenvalue weighted by molar-refractivity contribution is -0.122. The minimum Gasteiger partial charge on any atom is -0.352 e. The lowest BCUT2D eigenvalue weighted by Gasteiger charge is -2.18. The first-order chi connectivity index (χ1) is 13.5. The van der Waals surface area contributed by atoms with Gasteiger partial charge in [0.25, 0.3) is 5.91 Å². The second-order valence-electron chi connectivity index (χ2n) is 6.64. The Hall–Kier alpha value is -3.04. The van der Waals surface area contributed by atoms with E-state index in [9.17, 15) is 18.4 Å². The maximum atomic E-state index is 12.7. The molecule has 1 N–H and O–H groups in total. The van der Waals surface area contributed by atoms with Crippen LogP contribution in [0.2, 0.25) is 0 Å². The predicted octanol–water partition coefficient (Wildman–Crippen LogP) is 2.25. The van der Waals surface area contributed by atoms with Crippen LogP contribution in [0.15, 0.2) is 37.3 Å². The highest BCUT2D eigenvalue weighted by molar-refractivity contribution is 6.00. The molecule has 2 aromatic heterocycles. The number of nitrogens with zero attached hydrogens (tertiary/aromatic N) is 5. The van der Waals surface area contributed by atoms with Gasteiger partial charge in [0, 0.05) is 18.4 Å². The Labute approximate surface area is 160 Å². The fourth-order valence-corrected chi connectivity index (χ4v) is 3.21. The van der Waals surface area contributed by atoms with Crippen molar-refractivity contribution < 1.29 is 18.4 Å². The maximum Gasteiger partial charge on any atom is 0.333 e. The van der Waals surface area contributed by atoms with Crippen LogP contribution in [0.5, 0.6) is 0 Å². The van der Waals surface area contributed by atoms with Crippen molar-refractivity contribution in [2.75, 3.05) is 4.90 Å². The van der Waals surface area contributed by atoms with Crippen LogP contribution in [0.4, 0.5) is 14.5 Å². The lowest BCUT2D eigenvalue weighted by atomic mass is 10.2. The molecule has 2 aromatic rings. The highest BCUT2D eigenvalue weighted by atomic mass is 19.3. The van der Waals surface area contributed by atoms with Crippen LogP contribution >= 0.6 is 0 Å². The van der Waals surface area contributed by atoms with Crippen molar-refractivity contribution in [2.24, 2.45) is 0 Å². The molecule has 3 rings (SSSR count). The van der Waals surface area contributed by atoms with Crippen LogP contribution in [0, 0.1) is 0 Å². The molecule has 0 radical (unpaired) electrons. The number of hydrogen-bond acceptors (Lipinski definition) is 4. The Kier molecular flexibility index (Phi) is 6.17. The largest absolute Gasteiger partial charge is 0.352 e. The fraction of sp³-hybridized carbons (Fsp3) is 0.444. The third-order valence-electron chi connectivity index (χ3n) is 4.58. The van der Waals surface area contributed by atoms with E-state index < -0.39 is 12.5 Å². The Balaban J connectivity index is 1.67. The molecule has 10 heteroatoms. The number of carbonyl (C=O) groups excluding carboxylic acids is 2. The lowest BCUT2D eigenvalue weighted by Crippen LogP contribution is -2.35. The molecule has 1 fully saturated rings. The summed E-state index contributed by atoms with van der Waals surface area (Å²) < 4.78 is 27.3. The molecule has 0 aliphatic heterocycles. The number of aromatic nitrogens is 4. The van der Waals surface area contributed by atoms with Gasteiger partial charge in [0.1, 0.15) is 6.54 Å². The first kappa shape index (κ1) is 19.7. The number of hydrogen-bond donors (Lipinski definition) is 1. The molecule has 0 saturated heterocycles. The molecule has 150 valence electrons. The summed E-state index contributed by atoms with van der Waals surface area (Å²) in [4.78, 5) is 25.7. The Morgan fingerprint density at radius 3 is 2.79 bits per heavy atom. The van der Waals surface area contributed by atoms with Gasteiger partial charge in [0.15, 0.2) is 0 Å². The smallest absolute Gasteiger partial charge is 0.333 e. The van der Waals surface area contributed by atoms with Crippen molar-refractivity contribution in [3.05, 3.63) is 43.0 Å². The van der Waals surface area contributed by atoms with Gasteiger partial charge in [-0.3, -0.25) is 19.2 Å². The summed E-state index contributed by atoms with van der Waals surface area (Å²) in [6.07, 6.45) is 9.48. The summed E-state index contributed by atoms with van der Waals surface area (Å²) in [6.45, 7) is 0.726. The zero-order chi connectivity index (χ0) is 20.1. The van der Waals surface area contributed by atoms with E-state index in [0.717, 1.165) is 38.0 Å². The van der Waals surface area contributed by atoms with Gasteiger partial charge in [0.05, 0.1) is 24.1 Å². The highest BCUT2D eigenvalue weighted by Crippen LogP contribution is 2.19. The van der Waals surface area contributed by atoms with E-state index >= 15 is 0 Å². The first-order valence-corrected chi connectivity index (χ1v) is 9.04. The van der Waals surface area contributed by atoms with Gasteiger partial charge in [-0.25, -0.2) is 4.68 Å². The molecule has 0 atom stereocenters. The van der Waals surface area contributed by atoms with Crippen molar-refractivity contribution in [1.82, 2.24) is 24.9 Å². The number of anilines is 1. The molecule has 0 aromatic carbocycles. The molecule has 1 aliphatic rings. The predicted molar refractivity (Wildman–Crippen MR) is 97.5 cm³/mol. The summed E-state index contributed by atoms with van der Waals surface area (Å²) in [7, 11) is 0. The summed E-state index contributed by atoms with van der Waals surface area (Å²) >= 11 is 0. The quantitative estimate of drug-likeness (QED) is 0.699. The molecule has 8 nitrogen and oxygen atoms in total. The second kappa shape index (κ2) is 8.77. The van der Waals surface area contributed by atoms with E-state index in [2.05, 4.69) is 22.1 Å². The Morgan fingerprint density at radius 2 is 2.14 bits per heavy atom. The van der Waals surface area contributed by atoms with E-state index in [4.69, 9.17) is 0 Å². The van der Waals surface area contributed by atoms with E-state index in [1.54, 1.807) is 6.20 Å². The van der Waals surface area contributed by atoms with Crippen molar-refractivity contribution in [1.29, 1.82) is 0 Å². The molecule has 2 heterocycles. The molecule has 2 amide bonds. The van der Waals surface area contributed by atoms with E-state index in [0.29, 0.717) is 16.1 Å². The van der Waals surface area contributed by atoms with Gasteiger partial charge in [-0.15, -0.1) is 0 Å². The van der Waals surface area contributed by atoms with Crippen molar-refractivity contribution in [2.45, 2.75) is 51.4 Å². The number of carbonyl (C=O) groups is 2. The number of amides is 2. The van der Waals surface area contributed by atoms with Crippen LogP contribution in [-0.2, 0) is 22.7 Å². The molecule has 1 aliphatic carbocycles. The van der Waals surface area contributed by atoms with Gasteiger partial charge < -0.3 is 5.32 Å². The van der Waals surface area contributed by atoms with Gasteiger partial charge >= 0.3 is 6.55 Å². The molecular formula is C18H22F2N6O2. The van der Waals surface area contributed by atoms with Crippen LogP contribution in [0.3, 0.4) is 0 Å². The van der Waals surface area contributed by atoms with E-state index in [-0.39, 0.29) is 25.0 Å². The minimum absolute atomic E-state index is 0.0233. The van der Waals surface area contributed by atoms with Crippen LogP contribution in [0.25, 0.3) is 0 Å². The fourth-order valence-electron chi connectivity index (χ4n) is 3.21. The molecule has 28 heavy (non-hydrogen) atoms. The third-order valence-corrected chi connectivity index (χ3v) is 4.58. The number of rotatable bonds is 8. The van der Waals surface area contributed by atoms with Crippen molar-refractivity contribution >= 4 is 17.5 Å². The number of halogens is 2. The zero-order valence-corrected chi connectivity index (χ0v) is 15.3. The van der Waals surface area contributed by atoms with Gasteiger partial charge in [-0.05, 0) is 25.0 Å². The third kappa shape index (κ3) is 4.81. The average molecular weight is 392 g/mol. The summed E-state index contributed by atoms with van der Waals surface area (Å²) in [5.74, 6) is -0.569. The molecule has 0 spiro atoms. The van der Waals surface area contributed by atoms with Crippen molar-refractivity contribution in [3.63, 3.8) is 0 Å². The molecule has 0 bridgehead atoms. The Bertz CT molecular complexity index is 841. The average Bonchev–Trinajstić information content (AvgIpc) is 3.41. The summed E-state index contributed by atoms with van der Waals surface area (Å²) in [5.41, 5.74) is 0.715. The summed E-state index contributed by atoms with van der Waals surface area (Å²) in [5, 5.41) is 10.8. The topological polar surface area (TPSA) is 85.1 Å². The van der Waals surface area contributed by atoms with Crippen LogP contribution in [-0.4, -0.2) is 37.4 Å². The maximum absolute atomic E-state index is 12.7. The van der Waals surface area contributed by atoms with Crippen molar-refractivity contribution in [3.8, 4) is 0 Å². The Morgan fingerprint density at radius 1 is 1.39 bits per heavy atom. The molecule has 1 saturated carbocycles. The SMILES string of the molecule is C=CC(=O)N(Cc1ccn(C(F)F)n1)c1cnn(CC(=O)NC2CCCC2)c1. The van der Waals surface area contributed by atoms with E-state index in [1.807, 2.05) is 0 Å². The molecule has 0 unspecified atom stereocenters. The van der Waals surface area contributed by atoms with Crippen LogP contribution < -0.4 is 10.2 Å². The minimum atomic E-state index is -2.75. The second-order valence-corrected chi connectivity index (χ2v) is 6.64. The monoisotopic (exact) mass is 392 g/mol. The van der Waals surface area contributed by atoms with E-state index in [1.165, 1.54) is 21.8 Å². The molecular weight excluding hydrogens is 370 g/mol. The highest BCUT2D eigenvalue weighted by Gasteiger charge is 2.20. The summed E-state index contributed by atoms with van der Waals surface area (Å²) in [6, 6.07) is 1.63. The standard InChI is InChI=1S/C18H22F2N6O2/c1-2-17(28)25(10-14-7-8-26(23-14)18(19)20)15-9-21-24(11-15)12-16(27)22-13-5-3-4-6-13/h2,7-9,11,13,18H,1,3-6,10,12H2,(H,22,27). The number of alkyl halides is 2. The zero-order valence-electron chi connectivity index (χ0n) is 15.3. The van der Waals surface area contributed by atoms with Gasteiger partial charge in [0.2, 0.25) is 5.91 Å². The van der Waals surface area contributed by atoms with Gasteiger partial charge in [-0.1, -0.05) is 19.4 Å². The van der Waals surface area contributed by atoms with Crippen LogP contribution in [0.1, 0.15) is 37.9 Å². The normalized spacial score (nSPS) is 14.4.